The zero-order valence-electron chi connectivity index (χ0n) is 18.9. The van der Waals surface area contributed by atoms with Gasteiger partial charge in [0.15, 0.2) is 0 Å². The predicted molar refractivity (Wildman–Crippen MR) is 135 cm³/mol. The number of amides is 1. The molecule has 0 radical (unpaired) electrons. The Kier molecular flexibility index (Phi) is 9.62. The Labute approximate surface area is 207 Å². The lowest BCUT2D eigenvalue weighted by Crippen LogP contribution is -2.47. The lowest BCUT2D eigenvalue weighted by molar-refractivity contribution is -0.134. The van der Waals surface area contributed by atoms with E-state index in [-0.39, 0.29) is 11.2 Å². The molecule has 2 heterocycles. The first kappa shape index (κ1) is 25.9. The third kappa shape index (κ3) is 7.38. The molecule has 2 aromatic rings. The Morgan fingerprint density at radius 2 is 1.53 bits per heavy atom. The molecule has 2 aliphatic rings. The number of benzene rings is 2. The van der Waals surface area contributed by atoms with Crippen molar-refractivity contribution in [2.75, 3.05) is 39.0 Å². The van der Waals surface area contributed by atoms with Gasteiger partial charge in [0.1, 0.15) is 0 Å². The fraction of sp³-hybridized carbons (Fsp3) is 0.320. The predicted octanol–water partition coefficient (Wildman–Crippen LogP) is 3.60. The second-order valence-electron chi connectivity index (χ2n) is 7.91. The topological polar surface area (TPSA) is 98.2 Å². The van der Waals surface area contributed by atoms with E-state index in [1.54, 1.807) is 11.8 Å². The number of hydrogen-bond donors (Lipinski definition) is 2. The molecular weight excluding hydrogens is 472 g/mol. The number of carbonyl (C=O) groups excluding carboxylic acids is 1. The highest BCUT2D eigenvalue weighted by molar-refractivity contribution is 8.00. The number of fused-ring (bicyclic) bond motifs is 2. The Hall–Kier alpha value is -2.75. The van der Waals surface area contributed by atoms with Gasteiger partial charge >= 0.3 is 11.9 Å². The number of hydrogen-bond acceptors (Lipinski definition) is 6. The van der Waals surface area contributed by atoms with E-state index in [0.717, 1.165) is 31.9 Å². The Morgan fingerprint density at radius 1 is 0.941 bits per heavy atom. The SMILES string of the molecule is CN1CCN(C(=O)CSC2c3ccccc3CSc3ccccc32)CC1.O=C(O)C=CC(=O)O. The number of nitrogens with zero attached hydrogens (tertiary/aromatic N) is 2. The van der Waals surface area contributed by atoms with Crippen molar-refractivity contribution in [1.29, 1.82) is 0 Å². The van der Waals surface area contributed by atoms with Crippen molar-refractivity contribution in [3.63, 3.8) is 0 Å². The molecule has 0 spiro atoms. The van der Waals surface area contributed by atoms with Crippen molar-refractivity contribution in [3.8, 4) is 0 Å². The average molecular weight is 501 g/mol. The van der Waals surface area contributed by atoms with Gasteiger partial charge in [0.25, 0.3) is 0 Å². The van der Waals surface area contributed by atoms with Gasteiger partial charge in [-0.25, -0.2) is 9.59 Å². The Morgan fingerprint density at radius 3 is 2.18 bits per heavy atom. The molecule has 180 valence electrons. The minimum absolute atomic E-state index is 0.230. The summed E-state index contributed by atoms with van der Waals surface area (Å²) in [6.45, 7) is 3.65. The number of thioether (sulfide) groups is 2. The molecule has 1 amide bonds. The molecule has 34 heavy (non-hydrogen) atoms. The number of carbonyl (C=O) groups is 3. The molecule has 0 saturated carbocycles. The number of carboxylic acids is 2. The highest BCUT2D eigenvalue weighted by Gasteiger charge is 2.26. The summed E-state index contributed by atoms with van der Waals surface area (Å²) in [6.07, 6.45) is 1.12. The number of rotatable bonds is 5. The van der Waals surface area contributed by atoms with Crippen LogP contribution in [0.4, 0.5) is 0 Å². The van der Waals surface area contributed by atoms with Gasteiger partial charge in [0.2, 0.25) is 5.91 Å². The molecule has 0 bridgehead atoms. The number of piperazine rings is 1. The van der Waals surface area contributed by atoms with Crippen LogP contribution < -0.4 is 0 Å². The van der Waals surface area contributed by atoms with E-state index in [1.807, 2.05) is 16.7 Å². The minimum Gasteiger partial charge on any atom is -0.478 e. The van der Waals surface area contributed by atoms with Crippen molar-refractivity contribution in [2.24, 2.45) is 0 Å². The van der Waals surface area contributed by atoms with Crippen LogP contribution in [0.1, 0.15) is 21.9 Å². The van der Waals surface area contributed by atoms with Crippen LogP contribution >= 0.6 is 23.5 Å². The summed E-state index contributed by atoms with van der Waals surface area (Å²) in [6, 6.07) is 17.4. The van der Waals surface area contributed by atoms with Gasteiger partial charge in [-0.2, -0.15) is 0 Å². The highest BCUT2D eigenvalue weighted by Crippen LogP contribution is 2.45. The first-order chi connectivity index (χ1) is 16.3. The van der Waals surface area contributed by atoms with Crippen LogP contribution in [0.2, 0.25) is 0 Å². The smallest absolute Gasteiger partial charge is 0.328 e. The fourth-order valence-corrected chi connectivity index (χ4v) is 6.16. The molecule has 0 aliphatic carbocycles. The molecule has 0 aromatic heterocycles. The van der Waals surface area contributed by atoms with Crippen molar-refractivity contribution in [2.45, 2.75) is 15.9 Å². The molecule has 4 rings (SSSR count). The van der Waals surface area contributed by atoms with Crippen molar-refractivity contribution in [3.05, 3.63) is 77.4 Å². The van der Waals surface area contributed by atoms with Gasteiger partial charge in [-0.05, 0) is 29.8 Å². The van der Waals surface area contributed by atoms with Crippen molar-refractivity contribution >= 4 is 41.4 Å². The van der Waals surface area contributed by atoms with Crippen LogP contribution in [0.5, 0.6) is 0 Å². The normalized spacial score (nSPS) is 17.7. The van der Waals surface area contributed by atoms with Crippen LogP contribution in [0.3, 0.4) is 0 Å². The largest absolute Gasteiger partial charge is 0.478 e. The van der Waals surface area contributed by atoms with E-state index in [1.165, 1.54) is 21.6 Å². The van der Waals surface area contributed by atoms with E-state index < -0.39 is 11.9 Å². The number of aliphatic carboxylic acids is 2. The van der Waals surface area contributed by atoms with Crippen molar-refractivity contribution in [1.82, 2.24) is 9.80 Å². The lowest BCUT2D eigenvalue weighted by Gasteiger charge is -2.32. The van der Waals surface area contributed by atoms with Gasteiger partial charge in [-0.1, -0.05) is 42.5 Å². The second kappa shape index (κ2) is 12.6. The summed E-state index contributed by atoms with van der Waals surface area (Å²) in [5, 5.41) is 15.9. The summed E-state index contributed by atoms with van der Waals surface area (Å²) < 4.78 is 0. The first-order valence-electron chi connectivity index (χ1n) is 10.9. The fourth-order valence-electron chi connectivity index (χ4n) is 3.70. The molecule has 2 aromatic carbocycles. The maximum Gasteiger partial charge on any atom is 0.328 e. The zero-order valence-corrected chi connectivity index (χ0v) is 20.6. The maximum atomic E-state index is 12.7. The average Bonchev–Trinajstić information content (AvgIpc) is 2.99. The third-order valence-corrected chi connectivity index (χ3v) is 7.91. The standard InChI is InChI=1S/C21H24N2OS2.C4H4O4/c1-22-10-12-23(13-11-22)20(24)15-26-21-17-7-3-2-6-16(17)14-25-19-9-5-4-8-18(19)21;5-3(6)1-2-4(7)8/h2-9,21H,10-15H2,1H3;1-2H,(H,5,6)(H,7,8). The maximum absolute atomic E-state index is 12.7. The van der Waals surface area contributed by atoms with Crippen LogP contribution in [-0.2, 0) is 20.1 Å². The molecule has 7 nitrogen and oxygen atoms in total. The second-order valence-corrected chi connectivity index (χ2v) is 10.0. The third-order valence-electron chi connectivity index (χ3n) is 5.52. The first-order valence-corrected chi connectivity index (χ1v) is 12.9. The molecule has 2 aliphatic heterocycles. The van der Waals surface area contributed by atoms with E-state index in [2.05, 4.69) is 60.5 Å². The molecule has 2 N–H and O–H groups in total. The van der Waals surface area contributed by atoms with Gasteiger partial charge < -0.3 is 20.0 Å². The Balaban J connectivity index is 0.000000350. The van der Waals surface area contributed by atoms with Gasteiger partial charge in [-0.15, -0.1) is 23.5 Å². The minimum atomic E-state index is -1.26. The van der Waals surface area contributed by atoms with E-state index in [4.69, 9.17) is 10.2 Å². The van der Waals surface area contributed by atoms with Gasteiger partial charge in [0, 0.05) is 49.0 Å². The quantitative estimate of drug-likeness (QED) is 0.601. The summed E-state index contributed by atoms with van der Waals surface area (Å²) in [7, 11) is 2.12. The summed E-state index contributed by atoms with van der Waals surface area (Å²) in [5.41, 5.74) is 4.10. The summed E-state index contributed by atoms with van der Waals surface area (Å²) >= 11 is 3.68. The Bertz CT molecular complexity index is 988. The molecule has 1 unspecified atom stereocenters. The van der Waals surface area contributed by atoms with Crippen LogP contribution in [0, 0.1) is 0 Å². The number of carboxylic acid groups (broad SMARTS) is 2. The van der Waals surface area contributed by atoms with Gasteiger partial charge in [0.05, 0.1) is 11.0 Å². The summed E-state index contributed by atoms with van der Waals surface area (Å²) in [5.74, 6) is -0.701. The zero-order chi connectivity index (χ0) is 24.5. The monoisotopic (exact) mass is 500 g/mol. The molecule has 9 heteroatoms. The van der Waals surface area contributed by atoms with Gasteiger partial charge in [-0.3, -0.25) is 4.79 Å². The molecular formula is C25H28N2O5S2. The van der Waals surface area contributed by atoms with Crippen LogP contribution in [-0.4, -0.2) is 76.8 Å². The van der Waals surface area contributed by atoms with Crippen LogP contribution in [0.15, 0.2) is 65.6 Å². The van der Waals surface area contributed by atoms with E-state index in [9.17, 15) is 14.4 Å². The van der Waals surface area contributed by atoms with E-state index >= 15 is 0 Å². The number of likely N-dealkylation sites (N-methyl/N-ethyl adjacent to an activating group) is 1. The van der Waals surface area contributed by atoms with Crippen LogP contribution in [0.25, 0.3) is 0 Å². The molecule has 1 atom stereocenters. The van der Waals surface area contributed by atoms with Crippen molar-refractivity contribution < 1.29 is 24.6 Å². The lowest BCUT2D eigenvalue weighted by atomic mass is 10.0. The van der Waals surface area contributed by atoms with E-state index in [0.29, 0.717) is 17.9 Å². The molecule has 1 fully saturated rings. The molecule has 1 saturated heterocycles. The highest BCUT2D eigenvalue weighted by atomic mass is 32.2. The summed E-state index contributed by atoms with van der Waals surface area (Å²) in [4.78, 5) is 37.5.